The van der Waals surface area contributed by atoms with Gasteiger partial charge in [0.05, 0.1) is 11.1 Å². The molecule has 0 amide bonds. The standard InChI is InChI=1S/C20H19F3N2O/c1-13-5-2-3-6-15(13)14-9-11-25(12-10-14)19(24)18-16(20(21,22)23)7-4-8-17(18)26/h2-9,24,26H,10-12H2,1H3. The molecule has 0 aliphatic carbocycles. The number of hydrogen-bond donors (Lipinski definition) is 2. The summed E-state index contributed by atoms with van der Waals surface area (Å²) in [4.78, 5) is 1.55. The summed E-state index contributed by atoms with van der Waals surface area (Å²) in [5.41, 5.74) is 1.93. The third-order valence-corrected chi connectivity index (χ3v) is 4.60. The Hall–Kier alpha value is -2.76. The van der Waals surface area contributed by atoms with Crippen LogP contribution in [0.2, 0.25) is 0 Å². The van der Waals surface area contributed by atoms with Crippen LogP contribution in [0.4, 0.5) is 13.2 Å². The maximum Gasteiger partial charge on any atom is 0.417 e. The van der Waals surface area contributed by atoms with E-state index in [2.05, 4.69) is 0 Å². The van der Waals surface area contributed by atoms with Gasteiger partial charge in [0.1, 0.15) is 11.6 Å². The normalized spacial score (nSPS) is 14.9. The monoisotopic (exact) mass is 360 g/mol. The van der Waals surface area contributed by atoms with Gasteiger partial charge in [-0.1, -0.05) is 36.4 Å². The smallest absolute Gasteiger partial charge is 0.417 e. The Bertz CT molecular complexity index is 872. The predicted molar refractivity (Wildman–Crippen MR) is 95.3 cm³/mol. The maximum absolute atomic E-state index is 13.2. The van der Waals surface area contributed by atoms with Gasteiger partial charge in [-0.25, -0.2) is 0 Å². The molecule has 1 aliphatic rings. The van der Waals surface area contributed by atoms with Crippen LogP contribution in [0.1, 0.15) is 28.7 Å². The zero-order chi connectivity index (χ0) is 18.9. The lowest BCUT2D eigenvalue weighted by molar-refractivity contribution is -0.137. The number of nitrogens with one attached hydrogen (secondary N) is 1. The highest BCUT2D eigenvalue weighted by molar-refractivity contribution is 6.00. The summed E-state index contributed by atoms with van der Waals surface area (Å²) in [5, 5.41) is 18.2. The van der Waals surface area contributed by atoms with E-state index in [1.54, 1.807) is 4.90 Å². The summed E-state index contributed by atoms with van der Waals surface area (Å²) >= 11 is 0. The van der Waals surface area contributed by atoms with Crippen LogP contribution in [-0.2, 0) is 6.18 Å². The zero-order valence-corrected chi connectivity index (χ0v) is 14.3. The van der Waals surface area contributed by atoms with Gasteiger partial charge in [0.15, 0.2) is 0 Å². The van der Waals surface area contributed by atoms with E-state index in [-0.39, 0.29) is 5.84 Å². The molecular formula is C20H19F3N2O. The molecule has 0 radical (unpaired) electrons. The molecule has 2 aromatic rings. The van der Waals surface area contributed by atoms with Gasteiger partial charge in [0.2, 0.25) is 0 Å². The number of phenols is 1. The number of halogens is 3. The lowest BCUT2D eigenvalue weighted by atomic mass is 9.95. The van der Waals surface area contributed by atoms with Crippen LogP contribution >= 0.6 is 0 Å². The average Bonchev–Trinajstić information content (AvgIpc) is 2.61. The van der Waals surface area contributed by atoms with Crippen molar-refractivity contribution in [3.63, 3.8) is 0 Å². The third kappa shape index (κ3) is 3.45. The van der Waals surface area contributed by atoms with Gasteiger partial charge in [0, 0.05) is 13.1 Å². The van der Waals surface area contributed by atoms with E-state index in [1.807, 2.05) is 37.3 Å². The van der Waals surface area contributed by atoms with Crippen molar-refractivity contribution in [3.8, 4) is 5.75 Å². The Morgan fingerprint density at radius 1 is 1.12 bits per heavy atom. The summed E-state index contributed by atoms with van der Waals surface area (Å²) < 4.78 is 39.7. The number of alkyl halides is 3. The van der Waals surface area contributed by atoms with Crippen LogP contribution in [0.15, 0.2) is 48.5 Å². The summed E-state index contributed by atoms with van der Waals surface area (Å²) in [6.07, 6.45) is -2.06. The molecule has 3 nitrogen and oxygen atoms in total. The highest BCUT2D eigenvalue weighted by atomic mass is 19.4. The molecule has 0 bridgehead atoms. The van der Waals surface area contributed by atoms with Crippen molar-refractivity contribution in [2.24, 2.45) is 0 Å². The minimum Gasteiger partial charge on any atom is -0.507 e. The molecule has 1 aliphatic heterocycles. The first-order valence-corrected chi connectivity index (χ1v) is 8.27. The Kier molecular flexibility index (Phi) is 4.76. The number of benzene rings is 2. The largest absolute Gasteiger partial charge is 0.507 e. The Morgan fingerprint density at radius 3 is 2.46 bits per heavy atom. The zero-order valence-electron chi connectivity index (χ0n) is 14.3. The number of rotatable bonds is 2. The number of amidine groups is 1. The van der Waals surface area contributed by atoms with Crippen molar-refractivity contribution in [1.82, 2.24) is 4.90 Å². The fourth-order valence-corrected chi connectivity index (χ4v) is 3.23. The summed E-state index contributed by atoms with van der Waals surface area (Å²) in [5.74, 6) is -0.839. The van der Waals surface area contributed by atoms with E-state index in [0.29, 0.717) is 19.5 Å². The topological polar surface area (TPSA) is 47.3 Å². The van der Waals surface area contributed by atoms with Crippen LogP contribution in [0.5, 0.6) is 5.75 Å². The van der Waals surface area contributed by atoms with Crippen LogP contribution in [0, 0.1) is 12.3 Å². The highest BCUT2D eigenvalue weighted by Crippen LogP contribution is 2.36. The van der Waals surface area contributed by atoms with E-state index in [0.717, 1.165) is 28.8 Å². The summed E-state index contributed by atoms with van der Waals surface area (Å²) in [6, 6.07) is 11.2. The first-order valence-electron chi connectivity index (χ1n) is 8.27. The summed E-state index contributed by atoms with van der Waals surface area (Å²) in [7, 11) is 0. The molecule has 136 valence electrons. The molecular weight excluding hydrogens is 341 g/mol. The lowest BCUT2D eigenvalue weighted by Gasteiger charge is -2.30. The van der Waals surface area contributed by atoms with E-state index >= 15 is 0 Å². The molecule has 0 atom stereocenters. The lowest BCUT2D eigenvalue weighted by Crippen LogP contribution is -2.36. The third-order valence-electron chi connectivity index (χ3n) is 4.60. The van der Waals surface area contributed by atoms with Gasteiger partial charge in [-0.2, -0.15) is 13.2 Å². The van der Waals surface area contributed by atoms with Crippen LogP contribution in [0.3, 0.4) is 0 Å². The molecule has 0 spiro atoms. The van der Waals surface area contributed by atoms with Gasteiger partial charge in [0.25, 0.3) is 0 Å². The SMILES string of the molecule is Cc1ccccc1C1=CCN(C(=N)c2c(O)cccc2C(F)(F)F)CC1. The first kappa shape index (κ1) is 18.0. The number of phenolic OH excluding ortho intramolecular Hbond substituents is 1. The van der Waals surface area contributed by atoms with Crippen molar-refractivity contribution in [2.45, 2.75) is 19.5 Å². The van der Waals surface area contributed by atoms with Crippen molar-refractivity contribution in [3.05, 3.63) is 70.8 Å². The Labute approximate surface area is 149 Å². The van der Waals surface area contributed by atoms with Gasteiger partial charge in [-0.15, -0.1) is 0 Å². The Balaban J connectivity index is 1.87. The fraction of sp³-hybridized carbons (Fsp3) is 0.250. The van der Waals surface area contributed by atoms with E-state index < -0.39 is 23.1 Å². The quantitative estimate of drug-likeness (QED) is 0.595. The average molecular weight is 360 g/mol. The molecule has 26 heavy (non-hydrogen) atoms. The molecule has 6 heteroatoms. The second kappa shape index (κ2) is 6.86. The molecule has 0 saturated carbocycles. The highest BCUT2D eigenvalue weighted by Gasteiger charge is 2.36. The summed E-state index contributed by atoms with van der Waals surface area (Å²) in [6.45, 7) is 2.76. The number of aromatic hydroxyl groups is 1. The fourth-order valence-electron chi connectivity index (χ4n) is 3.23. The first-order chi connectivity index (χ1) is 12.3. The minimum atomic E-state index is -4.63. The van der Waals surface area contributed by atoms with Gasteiger partial charge in [-0.3, -0.25) is 5.41 Å². The molecule has 0 saturated heterocycles. The Morgan fingerprint density at radius 2 is 1.85 bits per heavy atom. The molecule has 3 rings (SSSR count). The van der Waals surface area contributed by atoms with Crippen LogP contribution < -0.4 is 0 Å². The van der Waals surface area contributed by atoms with E-state index in [4.69, 9.17) is 5.41 Å². The predicted octanol–water partition coefficient (Wildman–Crippen LogP) is 4.83. The molecule has 0 aromatic heterocycles. The van der Waals surface area contributed by atoms with E-state index in [9.17, 15) is 18.3 Å². The van der Waals surface area contributed by atoms with Crippen LogP contribution in [-0.4, -0.2) is 28.9 Å². The molecule has 0 unspecified atom stereocenters. The van der Waals surface area contributed by atoms with Crippen molar-refractivity contribution in [2.75, 3.05) is 13.1 Å². The van der Waals surface area contributed by atoms with E-state index in [1.165, 1.54) is 6.07 Å². The second-order valence-corrected chi connectivity index (χ2v) is 6.29. The molecule has 2 N–H and O–H groups in total. The number of nitrogens with zero attached hydrogens (tertiary/aromatic N) is 1. The van der Waals surface area contributed by atoms with Crippen molar-refractivity contribution in [1.29, 1.82) is 5.41 Å². The van der Waals surface area contributed by atoms with Gasteiger partial charge < -0.3 is 10.0 Å². The number of aryl methyl sites for hydroxylation is 1. The van der Waals surface area contributed by atoms with Crippen molar-refractivity contribution >= 4 is 11.4 Å². The number of hydrogen-bond acceptors (Lipinski definition) is 2. The second-order valence-electron chi connectivity index (χ2n) is 6.29. The molecule has 0 fully saturated rings. The maximum atomic E-state index is 13.2. The van der Waals surface area contributed by atoms with Gasteiger partial charge in [-0.05, 0) is 42.2 Å². The minimum absolute atomic E-state index is 0.310. The van der Waals surface area contributed by atoms with Crippen molar-refractivity contribution < 1.29 is 18.3 Å². The molecule has 2 aromatic carbocycles. The van der Waals surface area contributed by atoms with Crippen LogP contribution in [0.25, 0.3) is 5.57 Å². The molecule has 1 heterocycles. The van der Waals surface area contributed by atoms with Gasteiger partial charge >= 0.3 is 6.18 Å².